The summed E-state index contributed by atoms with van der Waals surface area (Å²) in [5.41, 5.74) is 3.04. The van der Waals surface area contributed by atoms with E-state index in [1.807, 2.05) is 6.21 Å². The molecule has 1 aromatic carbocycles. The molecule has 0 saturated carbocycles. The van der Waals surface area contributed by atoms with Crippen molar-refractivity contribution in [1.82, 2.24) is 0 Å². The molecule has 0 bridgehead atoms. The summed E-state index contributed by atoms with van der Waals surface area (Å²) in [6.45, 7) is 16.0. The van der Waals surface area contributed by atoms with Gasteiger partial charge < -0.3 is 5.11 Å². The van der Waals surface area contributed by atoms with Gasteiger partial charge in [-0.1, -0.05) is 67.4 Å². The third-order valence-electron chi connectivity index (χ3n) is 3.93. The second-order valence-electron chi connectivity index (χ2n) is 8.20. The molecule has 0 aliphatic heterocycles. The number of phenols is 1. The minimum atomic E-state index is -0.0872. The molecule has 1 rings (SSSR count). The fourth-order valence-electron chi connectivity index (χ4n) is 2.38. The number of phenolic OH excluding ortho intramolecular Hbond substituents is 1. The van der Waals surface area contributed by atoms with E-state index in [1.165, 1.54) is 18.4 Å². The molecule has 0 atom stereocenters. The van der Waals surface area contributed by atoms with E-state index in [1.54, 1.807) is 0 Å². The van der Waals surface area contributed by atoms with E-state index in [0.29, 0.717) is 5.75 Å². The molecule has 0 aromatic heterocycles. The van der Waals surface area contributed by atoms with Crippen LogP contribution < -0.4 is 0 Å². The van der Waals surface area contributed by atoms with Crippen LogP contribution in [0.2, 0.25) is 0 Å². The van der Waals surface area contributed by atoms with Crippen LogP contribution in [0.4, 0.5) is 0 Å². The van der Waals surface area contributed by atoms with E-state index in [2.05, 4.69) is 65.6 Å². The number of unbranched alkanes of at least 4 members (excludes halogenated alkanes) is 2. The van der Waals surface area contributed by atoms with E-state index >= 15 is 0 Å². The Kier molecular flexibility index (Phi) is 6.22. The summed E-state index contributed by atoms with van der Waals surface area (Å²) in [5.74, 6) is 0.375. The normalized spacial score (nSPS) is 13.0. The molecule has 0 aliphatic carbocycles. The lowest BCUT2D eigenvalue weighted by Crippen LogP contribution is -2.17. The first-order valence-electron chi connectivity index (χ1n) is 8.45. The summed E-state index contributed by atoms with van der Waals surface area (Å²) in [4.78, 5) is 4.50. The van der Waals surface area contributed by atoms with Crippen molar-refractivity contribution < 1.29 is 5.11 Å². The highest BCUT2D eigenvalue weighted by atomic mass is 16.3. The molecule has 0 unspecified atom stereocenters. The average Bonchev–Trinajstić information content (AvgIpc) is 2.37. The van der Waals surface area contributed by atoms with E-state index in [4.69, 9.17) is 0 Å². The van der Waals surface area contributed by atoms with Gasteiger partial charge in [-0.15, -0.1) is 0 Å². The first-order chi connectivity index (χ1) is 10.1. The minimum absolute atomic E-state index is 0.0541. The zero-order valence-electron chi connectivity index (χ0n) is 15.5. The topological polar surface area (TPSA) is 32.6 Å². The van der Waals surface area contributed by atoms with Crippen LogP contribution >= 0.6 is 0 Å². The molecular weight excluding hydrogens is 270 g/mol. The van der Waals surface area contributed by atoms with Crippen LogP contribution in [0.25, 0.3) is 0 Å². The van der Waals surface area contributed by atoms with E-state index < -0.39 is 0 Å². The molecule has 0 saturated heterocycles. The number of benzene rings is 1. The third-order valence-corrected chi connectivity index (χ3v) is 3.93. The maximum Gasteiger partial charge on any atom is 0.128 e. The maximum absolute atomic E-state index is 10.6. The third kappa shape index (κ3) is 5.15. The molecule has 0 aliphatic rings. The smallest absolute Gasteiger partial charge is 0.128 e. The van der Waals surface area contributed by atoms with Crippen molar-refractivity contribution in [1.29, 1.82) is 0 Å². The van der Waals surface area contributed by atoms with Crippen LogP contribution in [-0.2, 0) is 10.8 Å². The lowest BCUT2D eigenvalue weighted by atomic mass is 9.79. The molecule has 2 heteroatoms. The van der Waals surface area contributed by atoms with E-state index in [0.717, 1.165) is 24.1 Å². The van der Waals surface area contributed by atoms with Gasteiger partial charge in [-0.05, 0) is 28.9 Å². The van der Waals surface area contributed by atoms with Crippen LogP contribution in [0.3, 0.4) is 0 Å². The molecule has 0 amide bonds. The van der Waals surface area contributed by atoms with Gasteiger partial charge in [0.2, 0.25) is 0 Å². The Morgan fingerprint density at radius 1 is 1.00 bits per heavy atom. The van der Waals surface area contributed by atoms with Crippen molar-refractivity contribution in [3.63, 3.8) is 0 Å². The lowest BCUT2D eigenvalue weighted by molar-refractivity contribution is 0.444. The highest BCUT2D eigenvalue weighted by Gasteiger charge is 2.24. The van der Waals surface area contributed by atoms with E-state index in [9.17, 15) is 5.11 Å². The molecule has 0 heterocycles. The summed E-state index contributed by atoms with van der Waals surface area (Å²) in [6, 6.07) is 4.22. The van der Waals surface area contributed by atoms with Crippen molar-refractivity contribution in [2.45, 2.75) is 78.6 Å². The average molecular weight is 303 g/mol. The van der Waals surface area contributed by atoms with Gasteiger partial charge in [0, 0.05) is 23.9 Å². The molecule has 1 N–H and O–H groups in total. The van der Waals surface area contributed by atoms with Gasteiger partial charge in [0.15, 0.2) is 0 Å². The van der Waals surface area contributed by atoms with Crippen LogP contribution in [0, 0.1) is 0 Å². The van der Waals surface area contributed by atoms with Gasteiger partial charge in [0.1, 0.15) is 5.75 Å². The Hall–Kier alpha value is -1.31. The largest absolute Gasteiger partial charge is 0.507 e. The Balaban J connectivity index is 3.20. The lowest BCUT2D eigenvalue weighted by Gasteiger charge is -2.27. The molecule has 1 aromatic rings. The van der Waals surface area contributed by atoms with Crippen LogP contribution in [0.5, 0.6) is 5.75 Å². The Bertz CT molecular complexity index is 516. The zero-order chi connectivity index (χ0) is 17.0. The molecule has 2 nitrogen and oxygen atoms in total. The van der Waals surface area contributed by atoms with Crippen LogP contribution in [0.1, 0.15) is 84.4 Å². The number of aliphatic imine (C=N–C) groups is 1. The van der Waals surface area contributed by atoms with Gasteiger partial charge in [0.05, 0.1) is 0 Å². The van der Waals surface area contributed by atoms with Crippen molar-refractivity contribution >= 4 is 6.21 Å². The molecule has 0 radical (unpaired) electrons. The quantitative estimate of drug-likeness (QED) is 0.557. The predicted octanol–water partition coefficient (Wildman–Crippen LogP) is 5.60. The van der Waals surface area contributed by atoms with Crippen molar-refractivity contribution in [3.8, 4) is 5.75 Å². The molecule has 22 heavy (non-hydrogen) atoms. The van der Waals surface area contributed by atoms with Gasteiger partial charge >= 0.3 is 0 Å². The SMILES string of the molecule is CCCCCN=Cc1cc(C(C)(C)C)cc(C(C)(C)C)c1O. The summed E-state index contributed by atoms with van der Waals surface area (Å²) in [6.07, 6.45) is 5.36. The monoisotopic (exact) mass is 303 g/mol. The number of nitrogens with zero attached hydrogens (tertiary/aromatic N) is 1. The summed E-state index contributed by atoms with van der Waals surface area (Å²) in [7, 11) is 0. The number of hydrogen-bond acceptors (Lipinski definition) is 2. The predicted molar refractivity (Wildman–Crippen MR) is 97.5 cm³/mol. The molecular formula is C20H33NO. The zero-order valence-corrected chi connectivity index (χ0v) is 15.5. The fourth-order valence-corrected chi connectivity index (χ4v) is 2.38. The molecule has 0 fully saturated rings. The Morgan fingerprint density at radius 2 is 1.64 bits per heavy atom. The maximum atomic E-state index is 10.6. The van der Waals surface area contributed by atoms with E-state index in [-0.39, 0.29) is 10.8 Å². The van der Waals surface area contributed by atoms with Gasteiger partial charge in [-0.25, -0.2) is 0 Å². The van der Waals surface area contributed by atoms with Gasteiger partial charge in [-0.2, -0.15) is 0 Å². The summed E-state index contributed by atoms with van der Waals surface area (Å²) < 4.78 is 0. The molecule has 0 spiro atoms. The number of hydrogen-bond donors (Lipinski definition) is 1. The second kappa shape index (κ2) is 7.30. The van der Waals surface area contributed by atoms with Crippen molar-refractivity contribution in [2.24, 2.45) is 4.99 Å². The van der Waals surface area contributed by atoms with Gasteiger partial charge in [0.25, 0.3) is 0 Å². The van der Waals surface area contributed by atoms with Gasteiger partial charge in [-0.3, -0.25) is 4.99 Å². The first-order valence-corrected chi connectivity index (χ1v) is 8.45. The first kappa shape index (κ1) is 18.7. The number of aromatic hydroxyl groups is 1. The Morgan fingerprint density at radius 3 is 2.14 bits per heavy atom. The second-order valence-corrected chi connectivity index (χ2v) is 8.20. The van der Waals surface area contributed by atoms with Crippen molar-refractivity contribution in [2.75, 3.05) is 6.54 Å². The fraction of sp³-hybridized carbons (Fsp3) is 0.650. The Labute approximate surface area is 136 Å². The summed E-state index contributed by atoms with van der Waals surface area (Å²) >= 11 is 0. The van der Waals surface area contributed by atoms with Crippen LogP contribution in [-0.4, -0.2) is 17.9 Å². The standard InChI is InChI=1S/C20H33NO/c1-8-9-10-11-21-14-15-12-16(19(2,3)4)13-17(18(15)22)20(5,6)7/h12-14,22H,8-11H2,1-7H3. The molecule has 124 valence electrons. The van der Waals surface area contributed by atoms with Crippen molar-refractivity contribution in [3.05, 3.63) is 28.8 Å². The highest BCUT2D eigenvalue weighted by molar-refractivity contribution is 5.85. The van der Waals surface area contributed by atoms with Crippen LogP contribution in [0.15, 0.2) is 17.1 Å². The number of rotatable bonds is 5. The summed E-state index contributed by atoms with van der Waals surface area (Å²) in [5, 5.41) is 10.6. The highest BCUT2D eigenvalue weighted by Crippen LogP contribution is 2.37. The minimum Gasteiger partial charge on any atom is -0.507 e.